The largest absolute Gasteiger partial charge is 0.340 e. The molecule has 0 N–H and O–H groups in total. The van der Waals surface area contributed by atoms with Crippen LogP contribution < -0.4 is 0 Å². The minimum Gasteiger partial charge on any atom is -0.340 e. The molecule has 2 heterocycles. The molecule has 1 saturated heterocycles. The Hall–Kier alpha value is -2.25. The summed E-state index contributed by atoms with van der Waals surface area (Å²) in [4.78, 5) is 34.3. The van der Waals surface area contributed by atoms with Crippen LogP contribution in [0, 0.1) is 10.1 Å². The Kier molecular flexibility index (Phi) is 3.35. The van der Waals surface area contributed by atoms with E-state index >= 15 is 0 Å². The summed E-state index contributed by atoms with van der Waals surface area (Å²) in [7, 11) is 0. The molecule has 8 nitrogen and oxygen atoms in total. The van der Waals surface area contributed by atoms with Crippen molar-refractivity contribution in [1.82, 2.24) is 14.7 Å². The maximum absolute atomic E-state index is 11.8. The van der Waals surface area contributed by atoms with Crippen molar-refractivity contribution in [1.29, 1.82) is 0 Å². The average Bonchev–Trinajstić information content (AvgIpc) is 2.78. The van der Waals surface area contributed by atoms with E-state index in [1.165, 1.54) is 10.9 Å². The summed E-state index contributed by atoms with van der Waals surface area (Å²) in [5, 5.41) is 14.2. The number of nitro groups is 1. The van der Waals surface area contributed by atoms with Gasteiger partial charge in [0.2, 0.25) is 5.91 Å². The van der Waals surface area contributed by atoms with Crippen LogP contribution in [0.15, 0.2) is 12.4 Å². The molecule has 1 aliphatic rings. The molecule has 0 aromatic carbocycles. The van der Waals surface area contributed by atoms with Gasteiger partial charge >= 0.3 is 5.69 Å². The number of carbonyl (C=O) groups excluding carboxylic acids is 2. The molecule has 1 aromatic rings. The summed E-state index contributed by atoms with van der Waals surface area (Å²) in [6.07, 6.45) is 3.08. The van der Waals surface area contributed by atoms with E-state index in [1.54, 1.807) is 4.90 Å². The van der Waals surface area contributed by atoms with E-state index in [0.29, 0.717) is 25.9 Å². The Balaban J connectivity index is 1.94. The molecule has 1 fully saturated rings. The molecule has 1 amide bonds. The van der Waals surface area contributed by atoms with Crippen molar-refractivity contribution >= 4 is 17.4 Å². The number of Topliss-reactive ketones (excluding diaryl/α,β-unsaturated/α-hetero) is 1. The minimum atomic E-state index is -0.562. The van der Waals surface area contributed by atoms with Gasteiger partial charge in [-0.3, -0.25) is 24.4 Å². The lowest BCUT2D eigenvalue weighted by atomic mass is 10.1. The molecule has 0 radical (unpaired) electrons. The van der Waals surface area contributed by atoms with Gasteiger partial charge in [0.15, 0.2) is 0 Å². The molecule has 96 valence electrons. The normalized spacial score (nSPS) is 15.8. The number of hydrogen-bond acceptors (Lipinski definition) is 5. The van der Waals surface area contributed by atoms with E-state index in [-0.39, 0.29) is 23.9 Å². The number of likely N-dealkylation sites (tertiary alicyclic amines) is 1. The third-order valence-corrected chi connectivity index (χ3v) is 2.80. The fourth-order valence-corrected chi connectivity index (χ4v) is 1.78. The van der Waals surface area contributed by atoms with Gasteiger partial charge in [-0.25, -0.2) is 0 Å². The van der Waals surface area contributed by atoms with Gasteiger partial charge in [0.05, 0.1) is 4.92 Å². The van der Waals surface area contributed by atoms with Crippen LogP contribution in [0.25, 0.3) is 0 Å². The van der Waals surface area contributed by atoms with E-state index in [4.69, 9.17) is 0 Å². The molecule has 0 aliphatic carbocycles. The molecule has 8 heteroatoms. The summed E-state index contributed by atoms with van der Waals surface area (Å²) in [6.45, 7) is 0.796. The quantitative estimate of drug-likeness (QED) is 0.556. The first-order chi connectivity index (χ1) is 8.56. The number of carbonyl (C=O) groups is 2. The first-order valence-corrected chi connectivity index (χ1v) is 5.52. The summed E-state index contributed by atoms with van der Waals surface area (Å²) < 4.78 is 1.23. The second-order valence-corrected chi connectivity index (χ2v) is 4.07. The van der Waals surface area contributed by atoms with Gasteiger partial charge in [0, 0.05) is 25.9 Å². The van der Waals surface area contributed by atoms with E-state index in [0.717, 1.165) is 6.20 Å². The van der Waals surface area contributed by atoms with Crippen LogP contribution in [0.2, 0.25) is 0 Å². The van der Waals surface area contributed by atoms with Crippen molar-refractivity contribution in [3.05, 3.63) is 22.5 Å². The summed E-state index contributed by atoms with van der Waals surface area (Å²) in [5.41, 5.74) is -0.142. The van der Waals surface area contributed by atoms with Crippen molar-refractivity contribution in [3.8, 4) is 0 Å². The second kappa shape index (κ2) is 4.94. The maximum Gasteiger partial charge on any atom is 0.307 e. The minimum absolute atomic E-state index is 0.0397. The number of hydrogen-bond donors (Lipinski definition) is 0. The predicted octanol–water partition coefficient (Wildman–Crippen LogP) is -0.0172. The Labute approximate surface area is 102 Å². The van der Waals surface area contributed by atoms with Crippen LogP contribution >= 0.6 is 0 Å². The van der Waals surface area contributed by atoms with Gasteiger partial charge in [0.1, 0.15) is 24.7 Å². The monoisotopic (exact) mass is 252 g/mol. The highest BCUT2D eigenvalue weighted by Crippen LogP contribution is 2.10. The van der Waals surface area contributed by atoms with Crippen molar-refractivity contribution in [3.63, 3.8) is 0 Å². The maximum atomic E-state index is 11.8. The van der Waals surface area contributed by atoms with Crippen LogP contribution in [-0.2, 0) is 16.1 Å². The molecule has 1 aromatic heterocycles. The van der Waals surface area contributed by atoms with Crippen LogP contribution in [0.3, 0.4) is 0 Å². The van der Waals surface area contributed by atoms with Crippen molar-refractivity contribution in [2.75, 3.05) is 13.1 Å². The Morgan fingerprint density at radius 2 is 2.11 bits per heavy atom. The number of nitrogens with zero attached hydrogens (tertiary/aromatic N) is 4. The zero-order chi connectivity index (χ0) is 13.1. The first-order valence-electron chi connectivity index (χ1n) is 5.52. The molecule has 18 heavy (non-hydrogen) atoms. The van der Waals surface area contributed by atoms with E-state index < -0.39 is 4.92 Å². The lowest BCUT2D eigenvalue weighted by Crippen LogP contribution is -2.40. The molecule has 0 atom stereocenters. The topological polar surface area (TPSA) is 98.3 Å². The van der Waals surface area contributed by atoms with Crippen molar-refractivity contribution < 1.29 is 14.5 Å². The lowest BCUT2D eigenvalue weighted by molar-refractivity contribution is -0.385. The van der Waals surface area contributed by atoms with Crippen molar-refractivity contribution in [2.45, 2.75) is 19.4 Å². The number of rotatable bonds is 3. The second-order valence-electron chi connectivity index (χ2n) is 4.07. The summed E-state index contributed by atoms with van der Waals surface area (Å²) in [5.74, 6) is -0.0192. The highest BCUT2D eigenvalue weighted by atomic mass is 16.6. The van der Waals surface area contributed by atoms with Gasteiger partial charge in [-0.2, -0.15) is 5.10 Å². The van der Waals surface area contributed by atoms with E-state index in [2.05, 4.69) is 5.10 Å². The number of aromatic nitrogens is 2. The number of amides is 1. The Bertz CT molecular complexity index is 486. The van der Waals surface area contributed by atoms with Gasteiger partial charge in [-0.15, -0.1) is 0 Å². The highest BCUT2D eigenvalue weighted by Gasteiger charge is 2.21. The third kappa shape index (κ3) is 2.70. The Morgan fingerprint density at radius 3 is 2.67 bits per heavy atom. The van der Waals surface area contributed by atoms with Crippen LogP contribution in [0.5, 0.6) is 0 Å². The van der Waals surface area contributed by atoms with Crippen molar-refractivity contribution in [2.24, 2.45) is 0 Å². The lowest BCUT2D eigenvalue weighted by Gasteiger charge is -2.25. The zero-order valence-corrected chi connectivity index (χ0v) is 9.61. The number of ketones is 1. The molecule has 1 aliphatic heterocycles. The van der Waals surface area contributed by atoms with E-state index in [9.17, 15) is 19.7 Å². The molecular weight excluding hydrogens is 240 g/mol. The molecule has 0 unspecified atom stereocenters. The summed E-state index contributed by atoms with van der Waals surface area (Å²) >= 11 is 0. The number of piperidine rings is 1. The van der Waals surface area contributed by atoms with Crippen LogP contribution in [-0.4, -0.2) is 44.4 Å². The van der Waals surface area contributed by atoms with Gasteiger partial charge in [-0.05, 0) is 0 Å². The average molecular weight is 252 g/mol. The molecule has 0 spiro atoms. The highest BCUT2D eigenvalue weighted by molar-refractivity contribution is 5.83. The third-order valence-electron chi connectivity index (χ3n) is 2.80. The molecular formula is C10H12N4O4. The Morgan fingerprint density at radius 1 is 1.44 bits per heavy atom. The van der Waals surface area contributed by atoms with E-state index in [1.807, 2.05) is 0 Å². The molecule has 0 saturated carbocycles. The fraction of sp³-hybridized carbons (Fsp3) is 0.500. The standard InChI is InChI=1S/C10H12N4O4/c15-9-1-3-12(4-2-9)10(16)7-13-6-8(5-11-13)14(17)18/h5-6H,1-4,7H2. The fourth-order valence-electron chi connectivity index (χ4n) is 1.78. The molecule has 0 bridgehead atoms. The van der Waals surface area contributed by atoms with Gasteiger partial charge in [-0.1, -0.05) is 0 Å². The summed E-state index contributed by atoms with van der Waals surface area (Å²) in [6, 6.07) is 0. The van der Waals surface area contributed by atoms with Gasteiger partial charge < -0.3 is 4.90 Å². The van der Waals surface area contributed by atoms with Crippen LogP contribution in [0.4, 0.5) is 5.69 Å². The zero-order valence-electron chi connectivity index (χ0n) is 9.61. The first kappa shape index (κ1) is 12.2. The van der Waals surface area contributed by atoms with Gasteiger partial charge in [0.25, 0.3) is 0 Å². The SMILES string of the molecule is O=C1CCN(C(=O)Cn2cc([N+](=O)[O-])cn2)CC1. The smallest absolute Gasteiger partial charge is 0.307 e. The van der Waals surface area contributed by atoms with Crippen LogP contribution in [0.1, 0.15) is 12.8 Å². The predicted molar refractivity (Wildman–Crippen MR) is 59.7 cm³/mol. The molecule has 2 rings (SSSR count).